The molecule has 0 radical (unpaired) electrons. The Hall–Kier alpha value is -1.63. The Morgan fingerprint density at radius 1 is 0.596 bits per heavy atom. The van der Waals surface area contributed by atoms with Crippen LogP contribution in [0.3, 0.4) is 0 Å². The normalized spacial score (nSPS) is 21.9. The third kappa shape index (κ3) is 27.7. The molecule has 0 saturated carbocycles. The average molecular weight is 810 g/mol. The van der Waals surface area contributed by atoms with E-state index in [9.17, 15) is 35.4 Å². The summed E-state index contributed by atoms with van der Waals surface area (Å²) < 4.78 is 11.1. The number of unbranched alkanes of at least 4 members (excludes halogenated alkanes) is 23. The highest BCUT2D eigenvalue weighted by Crippen LogP contribution is 2.22. The van der Waals surface area contributed by atoms with Crippen LogP contribution in [0, 0.1) is 0 Å². The van der Waals surface area contributed by atoms with E-state index in [0.29, 0.717) is 19.3 Å². The second-order valence-electron chi connectivity index (χ2n) is 16.3. The van der Waals surface area contributed by atoms with Gasteiger partial charge in [-0.3, -0.25) is 4.79 Å². The number of ether oxygens (including phenoxy) is 2. The standard InChI is InChI=1S/C47H87NO9/c1-3-5-7-9-11-13-15-17-19-20-21-22-24-26-28-30-32-34-36-41(51)46(55)48-39(38-56-47-45(54)44(53)43(52)42(37-49)57-47)40(50)35-33-31-29-27-25-23-18-16-14-12-10-8-6-4-2/h14,16,25,27,33,35,39-45,47,49-54H,3-13,15,17-24,26,28-32,34,36-38H2,1-2H3,(H,48,55)/b16-14+,27-25+,35-33+. The molecule has 1 fully saturated rings. The minimum absolute atomic E-state index is 0.303. The molecule has 1 aliphatic heterocycles. The zero-order valence-corrected chi connectivity index (χ0v) is 36.2. The minimum atomic E-state index is -1.62. The zero-order chi connectivity index (χ0) is 41.8. The van der Waals surface area contributed by atoms with E-state index in [4.69, 9.17) is 9.47 Å². The van der Waals surface area contributed by atoms with Crippen LogP contribution < -0.4 is 5.32 Å². The molecule has 10 heteroatoms. The van der Waals surface area contributed by atoms with Gasteiger partial charge in [0.15, 0.2) is 6.29 Å². The van der Waals surface area contributed by atoms with Crippen LogP contribution in [0.1, 0.15) is 194 Å². The van der Waals surface area contributed by atoms with Crippen molar-refractivity contribution >= 4 is 5.91 Å². The van der Waals surface area contributed by atoms with Gasteiger partial charge in [0.05, 0.1) is 25.4 Å². The van der Waals surface area contributed by atoms with Crippen LogP contribution in [0.15, 0.2) is 36.5 Å². The van der Waals surface area contributed by atoms with Crippen molar-refractivity contribution in [3.63, 3.8) is 0 Å². The van der Waals surface area contributed by atoms with E-state index >= 15 is 0 Å². The first-order chi connectivity index (χ1) is 27.8. The molecule has 1 saturated heterocycles. The molecule has 0 aromatic heterocycles. The van der Waals surface area contributed by atoms with Gasteiger partial charge in [-0.25, -0.2) is 0 Å². The Bertz CT molecular complexity index is 1010. The summed E-state index contributed by atoms with van der Waals surface area (Å²) in [5.74, 6) is -0.630. The summed E-state index contributed by atoms with van der Waals surface area (Å²) in [6, 6.07) is -1.000. The maximum atomic E-state index is 13.0. The zero-order valence-electron chi connectivity index (χ0n) is 36.2. The summed E-state index contributed by atoms with van der Waals surface area (Å²) in [4.78, 5) is 13.0. The van der Waals surface area contributed by atoms with E-state index in [1.165, 1.54) is 116 Å². The van der Waals surface area contributed by atoms with E-state index in [2.05, 4.69) is 43.5 Å². The van der Waals surface area contributed by atoms with E-state index in [-0.39, 0.29) is 6.61 Å². The number of hydrogen-bond acceptors (Lipinski definition) is 9. The van der Waals surface area contributed by atoms with Gasteiger partial charge in [-0.2, -0.15) is 0 Å². The monoisotopic (exact) mass is 810 g/mol. The average Bonchev–Trinajstić information content (AvgIpc) is 3.21. The summed E-state index contributed by atoms with van der Waals surface area (Å²) in [6.07, 6.45) is 35.2. The fourth-order valence-corrected chi connectivity index (χ4v) is 7.19. The minimum Gasteiger partial charge on any atom is -0.394 e. The first kappa shape index (κ1) is 53.4. The summed E-state index contributed by atoms with van der Waals surface area (Å²) in [5.41, 5.74) is 0. The lowest BCUT2D eigenvalue weighted by Gasteiger charge is -2.40. The summed E-state index contributed by atoms with van der Waals surface area (Å²) in [7, 11) is 0. The van der Waals surface area contributed by atoms with Crippen molar-refractivity contribution in [2.24, 2.45) is 0 Å². The second kappa shape index (κ2) is 37.4. The van der Waals surface area contributed by atoms with Gasteiger partial charge in [0.2, 0.25) is 5.91 Å². The van der Waals surface area contributed by atoms with Gasteiger partial charge in [0, 0.05) is 0 Å². The van der Waals surface area contributed by atoms with Crippen molar-refractivity contribution in [1.29, 1.82) is 0 Å². The molecule has 0 aromatic rings. The lowest BCUT2D eigenvalue weighted by molar-refractivity contribution is -0.302. The lowest BCUT2D eigenvalue weighted by Crippen LogP contribution is -2.60. The number of rotatable bonds is 38. The van der Waals surface area contributed by atoms with Crippen LogP contribution >= 0.6 is 0 Å². The Morgan fingerprint density at radius 3 is 1.53 bits per heavy atom. The molecule has 334 valence electrons. The molecule has 0 spiro atoms. The van der Waals surface area contributed by atoms with E-state index < -0.39 is 61.5 Å². The highest BCUT2D eigenvalue weighted by atomic mass is 16.7. The highest BCUT2D eigenvalue weighted by Gasteiger charge is 2.44. The van der Waals surface area contributed by atoms with Gasteiger partial charge in [0.25, 0.3) is 0 Å². The largest absolute Gasteiger partial charge is 0.394 e. The van der Waals surface area contributed by atoms with Gasteiger partial charge in [0.1, 0.15) is 30.5 Å². The molecule has 0 aliphatic carbocycles. The third-order valence-electron chi connectivity index (χ3n) is 11.1. The Labute approximate surface area is 347 Å². The number of aliphatic hydroxyl groups is 6. The van der Waals surface area contributed by atoms with Gasteiger partial charge in [-0.1, -0.05) is 185 Å². The quantitative estimate of drug-likeness (QED) is 0.0239. The number of allylic oxidation sites excluding steroid dienone is 5. The molecule has 1 amide bonds. The number of hydrogen-bond donors (Lipinski definition) is 7. The molecular weight excluding hydrogens is 723 g/mol. The molecule has 0 aromatic carbocycles. The van der Waals surface area contributed by atoms with Crippen molar-refractivity contribution in [2.75, 3.05) is 13.2 Å². The fourth-order valence-electron chi connectivity index (χ4n) is 7.19. The van der Waals surface area contributed by atoms with Gasteiger partial charge in [-0.15, -0.1) is 0 Å². The second-order valence-corrected chi connectivity index (χ2v) is 16.3. The van der Waals surface area contributed by atoms with E-state index in [1.54, 1.807) is 6.08 Å². The fraction of sp³-hybridized carbons (Fsp3) is 0.851. The summed E-state index contributed by atoms with van der Waals surface area (Å²) >= 11 is 0. The smallest absolute Gasteiger partial charge is 0.249 e. The lowest BCUT2D eigenvalue weighted by atomic mass is 9.99. The molecule has 1 aliphatic rings. The first-order valence-corrected chi connectivity index (χ1v) is 23.3. The summed E-state index contributed by atoms with van der Waals surface area (Å²) in [6.45, 7) is 3.56. The molecule has 8 atom stereocenters. The van der Waals surface area contributed by atoms with Crippen LogP contribution in [0.25, 0.3) is 0 Å². The van der Waals surface area contributed by atoms with E-state index in [0.717, 1.165) is 44.9 Å². The molecule has 57 heavy (non-hydrogen) atoms. The van der Waals surface area contributed by atoms with Gasteiger partial charge < -0.3 is 45.4 Å². The molecule has 7 N–H and O–H groups in total. The van der Waals surface area contributed by atoms with Crippen LogP contribution in [-0.2, 0) is 14.3 Å². The topological polar surface area (TPSA) is 169 Å². The molecule has 0 bridgehead atoms. The van der Waals surface area contributed by atoms with Crippen molar-refractivity contribution in [3.8, 4) is 0 Å². The predicted octanol–water partition coefficient (Wildman–Crippen LogP) is 8.64. The summed E-state index contributed by atoms with van der Waals surface area (Å²) in [5, 5.41) is 64.6. The number of aliphatic hydroxyl groups excluding tert-OH is 6. The van der Waals surface area contributed by atoms with Crippen molar-refractivity contribution in [3.05, 3.63) is 36.5 Å². The van der Waals surface area contributed by atoms with E-state index in [1.807, 2.05) is 6.08 Å². The third-order valence-corrected chi connectivity index (χ3v) is 11.1. The van der Waals surface area contributed by atoms with Gasteiger partial charge >= 0.3 is 0 Å². The maximum Gasteiger partial charge on any atom is 0.249 e. The van der Waals surface area contributed by atoms with Crippen LogP contribution in [0.4, 0.5) is 0 Å². The highest BCUT2D eigenvalue weighted by molar-refractivity contribution is 5.80. The number of carbonyl (C=O) groups excluding carboxylic acids is 1. The van der Waals surface area contributed by atoms with Crippen LogP contribution in [0.2, 0.25) is 0 Å². The van der Waals surface area contributed by atoms with Crippen molar-refractivity contribution in [1.82, 2.24) is 5.32 Å². The van der Waals surface area contributed by atoms with Crippen molar-refractivity contribution < 1.29 is 44.9 Å². The van der Waals surface area contributed by atoms with Crippen molar-refractivity contribution in [2.45, 2.75) is 243 Å². The Morgan fingerprint density at radius 2 is 1.04 bits per heavy atom. The Balaban J connectivity index is 2.42. The molecular formula is C47H87NO9. The molecule has 8 unspecified atom stereocenters. The maximum absolute atomic E-state index is 13.0. The Kier molecular flexibility index (Phi) is 35.0. The molecule has 1 heterocycles. The van der Waals surface area contributed by atoms with Crippen LogP contribution in [0.5, 0.6) is 0 Å². The van der Waals surface area contributed by atoms with Crippen LogP contribution in [-0.4, -0.2) is 98.7 Å². The predicted molar refractivity (Wildman–Crippen MR) is 232 cm³/mol. The van der Waals surface area contributed by atoms with Gasteiger partial charge in [-0.05, 0) is 44.9 Å². The molecule has 1 rings (SSSR count). The number of carbonyl (C=O) groups is 1. The number of nitrogens with one attached hydrogen (secondary N) is 1. The number of amides is 1. The first-order valence-electron chi connectivity index (χ1n) is 23.3. The SMILES string of the molecule is CCCCCC/C=C/CC/C=C/CC/C=C/C(O)C(COC1OC(CO)C(O)C(O)C1O)NC(=O)C(O)CCCCCCCCCCCCCCCCCCCC. The molecule has 10 nitrogen and oxygen atoms in total.